The molecule has 2 rings (SSSR count). The summed E-state index contributed by atoms with van der Waals surface area (Å²) in [5, 5.41) is 10.2. The van der Waals surface area contributed by atoms with E-state index in [1.165, 1.54) is 0 Å². The smallest absolute Gasteiger partial charge is 0.223 e. The van der Waals surface area contributed by atoms with E-state index in [-0.39, 0.29) is 0 Å². The number of methoxy groups -OCH3 is 1. The standard InChI is InChI=1S/C16H23N5O2/c1-5-17-16(19-10-15-20-12(3)23-21-15)18-9-13-7-6-11(2)8-14(13)22-4/h6-8H,5,9-10H2,1-4H3,(H2,17,18,19). The Bertz CT molecular complexity index is 666. The van der Waals surface area contributed by atoms with E-state index in [0.717, 1.165) is 23.4 Å². The maximum atomic E-state index is 5.41. The minimum Gasteiger partial charge on any atom is -0.496 e. The average Bonchev–Trinajstić information content (AvgIpc) is 2.96. The van der Waals surface area contributed by atoms with Gasteiger partial charge in [0.1, 0.15) is 5.75 Å². The van der Waals surface area contributed by atoms with Crippen molar-refractivity contribution in [3.8, 4) is 5.75 Å². The molecule has 0 unspecified atom stereocenters. The van der Waals surface area contributed by atoms with Crippen LogP contribution in [-0.2, 0) is 13.1 Å². The van der Waals surface area contributed by atoms with Gasteiger partial charge in [0.15, 0.2) is 11.8 Å². The Kier molecular flexibility index (Phi) is 5.96. The number of nitrogens with one attached hydrogen (secondary N) is 2. The monoisotopic (exact) mass is 317 g/mol. The van der Waals surface area contributed by atoms with Crippen molar-refractivity contribution in [2.75, 3.05) is 13.7 Å². The lowest BCUT2D eigenvalue weighted by atomic mass is 10.1. The van der Waals surface area contributed by atoms with Crippen LogP contribution in [0.5, 0.6) is 5.75 Å². The quantitative estimate of drug-likeness (QED) is 0.626. The van der Waals surface area contributed by atoms with Gasteiger partial charge in [0, 0.05) is 19.0 Å². The van der Waals surface area contributed by atoms with Gasteiger partial charge in [0.25, 0.3) is 0 Å². The molecule has 0 bridgehead atoms. The molecule has 0 saturated carbocycles. The SMILES string of the molecule is CCNC(=NCc1ccc(C)cc1OC)NCc1noc(C)n1. The minimum absolute atomic E-state index is 0.453. The molecule has 0 aliphatic carbocycles. The van der Waals surface area contributed by atoms with Gasteiger partial charge in [-0.2, -0.15) is 4.98 Å². The van der Waals surface area contributed by atoms with Crippen molar-refractivity contribution in [1.29, 1.82) is 0 Å². The maximum Gasteiger partial charge on any atom is 0.223 e. The summed E-state index contributed by atoms with van der Waals surface area (Å²) in [6.07, 6.45) is 0. The van der Waals surface area contributed by atoms with Crippen LogP contribution in [0.2, 0.25) is 0 Å². The number of aryl methyl sites for hydroxylation is 2. The fourth-order valence-electron chi connectivity index (χ4n) is 2.06. The Balaban J connectivity index is 2.03. The van der Waals surface area contributed by atoms with Gasteiger partial charge in [0.2, 0.25) is 5.89 Å². The van der Waals surface area contributed by atoms with Gasteiger partial charge in [-0.3, -0.25) is 0 Å². The van der Waals surface area contributed by atoms with Crippen LogP contribution in [0.1, 0.15) is 29.8 Å². The second-order valence-corrected chi connectivity index (χ2v) is 5.09. The zero-order valence-electron chi connectivity index (χ0n) is 14.0. The summed E-state index contributed by atoms with van der Waals surface area (Å²) >= 11 is 0. The Morgan fingerprint density at radius 2 is 2.13 bits per heavy atom. The molecule has 0 fully saturated rings. The van der Waals surface area contributed by atoms with E-state index in [4.69, 9.17) is 9.26 Å². The van der Waals surface area contributed by atoms with Gasteiger partial charge in [-0.15, -0.1) is 0 Å². The highest BCUT2D eigenvalue weighted by molar-refractivity contribution is 5.79. The molecule has 0 amide bonds. The van der Waals surface area contributed by atoms with Gasteiger partial charge in [0.05, 0.1) is 20.2 Å². The molecule has 7 heteroatoms. The van der Waals surface area contributed by atoms with Gasteiger partial charge in [-0.05, 0) is 25.5 Å². The first-order valence-corrected chi connectivity index (χ1v) is 7.57. The molecule has 124 valence electrons. The molecule has 0 aliphatic heterocycles. The molecular weight excluding hydrogens is 294 g/mol. The van der Waals surface area contributed by atoms with Crippen molar-refractivity contribution in [2.45, 2.75) is 33.9 Å². The first kappa shape index (κ1) is 16.8. The number of nitrogens with zero attached hydrogens (tertiary/aromatic N) is 3. The number of benzene rings is 1. The molecule has 0 saturated heterocycles. The van der Waals surface area contributed by atoms with Gasteiger partial charge >= 0.3 is 0 Å². The molecule has 1 aromatic heterocycles. The van der Waals surface area contributed by atoms with Crippen LogP contribution in [0.3, 0.4) is 0 Å². The highest BCUT2D eigenvalue weighted by atomic mass is 16.5. The lowest BCUT2D eigenvalue weighted by Gasteiger charge is -2.11. The van der Waals surface area contributed by atoms with Crippen molar-refractivity contribution in [2.24, 2.45) is 4.99 Å². The molecule has 0 spiro atoms. The fraction of sp³-hybridized carbons (Fsp3) is 0.438. The summed E-state index contributed by atoms with van der Waals surface area (Å²) in [6.45, 7) is 7.55. The van der Waals surface area contributed by atoms with Crippen molar-refractivity contribution in [3.05, 3.63) is 41.0 Å². The molecule has 23 heavy (non-hydrogen) atoms. The fourth-order valence-corrected chi connectivity index (χ4v) is 2.06. The third-order valence-electron chi connectivity index (χ3n) is 3.18. The number of aliphatic imine (C=N–C) groups is 1. The lowest BCUT2D eigenvalue weighted by molar-refractivity contribution is 0.387. The van der Waals surface area contributed by atoms with E-state index >= 15 is 0 Å². The van der Waals surface area contributed by atoms with Crippen LogP contribution >= 0.6 is 0 Å². The van der Waals surface area contributed by atoms with Crippen LogP contribution in [0, 0.1) is 13.8 Å². The van der Waals surface area contributed by atoms with E-state index in [0.29, 0.717) is 30.8 Å². The largest absolute Gasteiger partial charge is 0.496 e. The predicted molar refractivity (Wildman–Crippen MR) is 88.4 cm³/mol. The summed E-state index contributed by atoms with van der Waals surface area (Å²) in [7, 11) is 1.67. The van der Waals surface area contributed by atoms with E-state index < -0.39 is 0 Å². The number of guanidine groups is 1. The molecule has 1 aromatic carbocycles. The number of hydrogen-bond donors (Lipinski definition) is 2. The summed E-state index contributed by atoms with van der Waals surface area (Å²) in [5.74, 6) is 2.69. The molecule has 0 radical (unpaired) electrons. The van der Waals surface area contributed by atoms with Crippen molar-refractivity contribution >= 4 is 5.96 Å². The number of hydrogen-bond acceptors (Lipinski definition) is 5. The molecule has 2 N–H and O–H groups in total. The molecule has 0 atom stereocenters. The number of rotatable bonds is 6. The zero-order chi connectivity index (χ0) is 16.7. The Morgan fingerprint density at radius 3 is 2.78 bits per heavy atom. The normalized spacial score (nSPS) is 11.4. The highest BCUT2D eigenvalue weighted by Gasteiger charge is 2.06. The maximum absolute atomic E-state index is 5.41. The third kappa shape index (κ3) is 4.98. The third-order valence-corrected chi connectivity index (χ3v) is 3.18. The topological polar surface area (TPSA) is 84.6 Å². The van der Waals surface area contributed by atoms with Gasteiger partial charge in [-0.25, -0.2) is 4.99 Å². The van der Waals surface area contributed by atoms with E-state index in [1.807, 2.05) is 26.0 Å². The second kappa shape index (κ2) is 8.17. The minimum atomic E-state index is 0.453. The molecular formula is C16H23N5O2. The van der Waals surface area contributed by atoms with E-state index in [2.05, 4.69) is 31.8 Å². The zero-order valence-corrected chi connectivity index (χ0v) is 14.0. The Morgan fingerprint density at radius 1 is 1.30 bits per heavy atom. The van der Waals surface area contributed by atoms with Gasteiger partial charge in [-0.1, -0.05) is 17.3 Å². The highest BCUT2D eigenvalue weighted by Crippen LogP contribution is 2.20. The van der Waals surface area contributed by atoms with Crippen LogP contribution in [-0.4, -0.2) is 29.8 Å². The Hall–Kier alpha value is -2.57. The lowest BCUT2D eigenvalue weighted by Crippen LogP contribution is -2.37. The van der Waals surface area contributed by atoms with Crippen molar-refractivity contribution in [3.63, 3.8) is 0 Å². The van der Waals surface area contributed by atoms with E-state index in [9.17, 15) is 0 Å². The first-order chi connectivity index (χ1) is 11.1. The second-order valence-electron chi connectivity index (χ2n) is 5.09. The van der Waals surface area contributed by atoms with Crippen LogP contribution in [0.25, 0.3) is 0 Å². The van der Waals surface area contributed by atoms with Gasteiger partial charge < -0.3 is 19.9 Å². The Labute approximate surface area is 136 Å². The first-order valence-electron chi connectivity index (χ1n) is 7.57. The molecule has 1 heterocycles. The summed E-state index contributed by atoms with van der Waals surface area (Å²) in [4.78, 5) is 8.73. The van der Waals surface area contributed by atoms with Crippen LogP contribution in [0.15, 0.2) is 27.7 Å². The van der Waals surface area contributed by atoms with E-state index in [1.54, 1.807) is 14.0 Å². The van der Waals surface area contributed by atoms with Crippen LogP contribution in [0.4, 0.5) is 0 Å². The predicted octanol–water partition coefficient (Wildman–Crippen LogP) is 1.95. The molecule has 7 nitrogen and oxygen atoms in total. The molecule has 0 aliphatic rings. The molecule has 2 aromatic rings. The number of aromatic nitrogens is 2. The average molecular weight is 317 g/mol. The summed E-state index contributed by atoms with van der Waals surface area (Å²) in [6, 6.07) is 6.09. The van der Waals surface area contributed by atoms with Crippen molar-refractivity contribution < 1.29 is 9.26 Å². The summed E-state index contributed by atoms with van der Waals surface area (Å²) in [5.41, 5.74) is 2.19. The van der Waals surface area contributed by atoms with Crippen LogP contribution < -0.4 is 15.4 Å². The summed E-state index contributed by atoms with van der Waals surface area (Å²) < 4.78 is 10.4. The number of ether oxygens (including phenoxy) is 1. The van der Waals surface area contributed by atoms with Crippen molar-refractivity contribution in [1.82, 2.24) is 20.8 Å².